The number of amides is 1. The van der Waals surface area contributed by atoms with Gasteiger partial charge in [0.05, 0.1) is 5.56 Å². The van der Waals surface area contributed by atoms with Gasteiger partial charge in [0.1, 0.15) is 11.6 Å². The third-order valence-corrected chi connectivity index (χ3v) is 5.20. The number of rotatable bonds is 6. The molecular weight excluding hydrogens is 442 g/mol. The minimum absolute atomic E-state index is 0.0401. The Balaban J connectivity index is 0.000000945. The Morgan fingerprint density at radius 1 is 1.29 bits per heavy atom. The summed E-state index contributed by atoms with van der Waals surface area (Å²) in [5.41, 5.74) is 12.7. The quantitative estimate of drug-likeness (QED) is 0.506. The van der Waals surface area contributed by atoms with Crippen LogP contribution in [0.4, 0.5) is 8.78 Å². The Hall–Kier alpha value is -3.43. The zero-order valence-corrected chi connectivity index (χ0v) is 20.1. The molecule has 0 saturated heterocycles. The molecule has 3 rings (SSSR count). The Morgan fingerprint density at radius 3 is 2.44 bits per heavy atom. The molecule has 6 N–H and O–H groups in total. The fourth-order valence-electron chi connectivity index (χ4n) is 3.62. The van der Waals surface area contributed by atoms with Gasteiger partial charge in [-0.2, -0.15) is 0 Å². The maximum Gasteiger partial charge on any atom is 0.341 e. The van der Waals surface area contributed by atoms with Gasteiger partial charge in [-0.1, -0.05) is 26.8 Å². The maximum atomic E-state index is 14.0. The minimum atomic E-state index is -0.744. The average Bonchev–Trinajstić information content (AvgIpc) is 3.19. The van der Waals surface area contributed by atoms with E-state index in [9.17, 15) is 18.4 Å². The molecule has 10 heteroatoms. The molecule has 0 fully saturated rings. The van der Waals surface area contributed by atoms with Gasteiger partial charge in [-0.05, 0) is 55.9 Å². The predicted molar refractivity (Wildman–Crippen MR) is 128 cm³/mol. The van der Waals surface area contributed by atoms with Crippen LogP contribution in [0, 0.1) is 23.5 Å². The maximum absolute atomic E-state index is 14.0. The van der Waals surface area contributed by atoms with E-state index in [1.807, 2.05) is 6.92 Å². The highest BCUT2D eigenvalue weighted by atomic mass is 19.1. The summed E-state index contributed by atoms with van der Waals surface area (Å²) in [4.78, 5) is 27.7. The molecule has 0 spiro atoms. The van der Waals surface area contributed by atoms with E-state index in [-0.39, 0.29) is 23.0 Å². The van der Waals surface area contributed by atoms with Crippen molar-refractivity contribution in [1.82, 2.24) is 20.1 Å². The highest BCUT2D eigenvalue weighted by molar-refractivity contribution is 5.90. The van der Waals surface area contributed by atoms with Gasteiger partial charge in [0.15, 0.2) is 0 Å². The summed E-state index contributed by atoms with van der Waals surface area (Å²) in [7, 11) is 0. The molecule has 34 heavy (non-hydrogen) atoms. The molecule has 0 bridgehead atoms. The van der Waals surface area contributed by atoms with Crippen LogP contribution >= 0.6 is 0 Å². The van der Waals surface area contributed by atoms with Crippen LogP contribution in [0.15, 0.2) is 40.3 Å². The van der Waals surface area contributed by atoms with Crippen LogP contribution in [0.1, 0.15) is 63.1 Å². The fraction of sp³-hybridized carbons (Fsp3) is 0.458. The van der Waals surface area contributed by atoms with Crippen LogP contribution in [0.2, 0.25) is 0 Å². The Bertz CT molecular complexity index is 1080. The molecule has 1 aromatic carbocycles. The summed E-state index contributed by atoms with van der Waals surface area (Å²) in [6.45, 7) is 9.03. The minimum Gasteiger partial charge on any atom is -0.402 e. The van der Waals surface area contributed by atoms with Crippen LogP contribution in [-0.2, 0) is 0 Å². The van der Waals surface area contributed by atoms with Crippen LogP contribution in [0.25, 0.3) is 5.70 Å². The van der Waals surface area contributed by atoms with Gasteiger partial charge in [-0.15, -0.1) is 5.10 Å². The summed E-state index contributed by atoms with van der Waals surface area (Å²) in [6.07, 6.45) is 3.66. The number of aromatic amines is 2. The van der Waals surface area contributed by atoms with Gasteiger partial charge < -0.3 is 16.4 Å². The van der Waals surface area contributed by atoms with Crippen molar-refractivity contribution in [3.63, 3.8) is 0 Å². The van der Waals surface area contributed by atoms with Crippen molar-refractivity contribution in [3.05, 3.63) is 69.1 Å². The lowest BCUT2D eigenvalue weighted by molar-refractivity contribution is 0.0729. The van der Waals surface area contributed by atoms with Gasteiger partial charge in [-0.25, -0.2) is 18.7 Å². The van der Waals surface area contributed by atoms with E-state index < -0.39 is 23.2 Å². The molecule has 1 aliphatic rings. The SMILES string of the molecule is CC(C)C.CCN(CC1CCCC(/C=C(\N)c2c(F)cccc2F)=C1N)C(=O)c1n[nH]c(=O)[nH]1. The van der Waals surface area contributed by atoms with Crippen LogP contribution in [0.5, 0.6) is 0 Å². The van der Waals surface area contributed by atoms with Crippen molar-refractivity contribution >= 4 is 11.6 Å². The molecule has 8 nitrogen and oxygen atoms in total. The van der Waals surface area contributed by atoms with E-state index in [2.05, 4.69) is 36.0 Å². The number of hydrogen-bond donors (Lipinski definition) is 4. The van der Waals surface area contributed by atoms with E-state index >= 15 is 0 Å². The average molecular weight is 477 g/mol. The topological polar surface area (TPSA) is 134 Å². The second-order valence-electron chi connectivity index (χ2n) is 8.87. The Kier molecular flexibility index (Phi) is 9.58. The van der Waals surface area contributed by atoms with E-state index in [0.717, 1.165) is 30.9 Å². The van der Waals surface area contributed by atoms with Crippen molar-refractivity contribution in [3.8, 4) is 0 Å². The molecule has 0 aliphatic heterocycles. The summed E-state index contributed by atoms with van der Waals surface area (Å²) in [5.74, 6) is -1.30. The third-order valence-electron chi connectivity index (χ3n) is 5.20. The molecule has 0 radical (unpaired) electrons. The van der Waals surface area contributed by atoms with Crippen molar-refractivity contribution in [2.45, 2.75) is 47.0 Å². The molecule has 186 valence electrons. The molecule has 1 atom stereocenters. The molecule has 1 aromatic heterocycles. The number of nitrogens with one attached hydrogen (secondary N) is 2. The second kappa shape index (κ2) is 12.2. The lowest BCUT2D eigenvalue weighted by Crippen LogP contribution is -2.38. The number of nitrogens with zero attached hydrogens (tertiary/aromatic N) is 2. The first-order valence-electron chi connectivity index (χ1n) is 11.4. The summed E-state index contributed by atoms with van der Waals surface area (Å²) in [6, 6.07) is 3.56. The van der Waals surface area contributed by atoms with Gasteiger partial charge in [0.25, 0.3) is 5.91 Å². The van der Waals surface area contributed by atoms with Gasteiger partial charge in [-0.3, -0.25) is 9.78 Å². The molecule has 0 saturated carbocycles. The van der Waals surface area contributed by atoms with Gasteiger partial charge in [0.2, 0.25) is 5.82 Å². The summed E-state index contributed by atoms with van der Waals surface area (Å²) >= 11 is 0. The first kappa shape index (κ1) is 26.8. The second-order valence-corrected chi connectivity index (χ2v) is 8.87. The summed E-state index contributed by atoms with van der Waals surface area (Å²) < 4.78 is 28.0. The number of allylic oxidation sites excluding steroid dienone is 2. The molecule has 1 aliphatic carbocycles. The number of carbonyl (C=O) groups excluding carboxylic acids is 1. The van der Waals surface area contributed by atoms with E-state index in [1.54, 1.807) is 0 Å². The standard InChI is InChI=1S/C20H24F2N6O2.C4H10/c1-2-28(19(29)18-25-20(30)27-26-18)10-12-6-3-5-11(17(12)24)9-15(23)16-13(21)7-4-8-14(16)22;1-4(2)3/h4,7-9,12H,2-3,5-6,10,23-24H2,1H3,(H2,25,26,27,30);4H,1-3H3/b15-9-;. The summed E-state index contributed by atoms with van der Waals surface area (Å²) in [5, 5.41) is 5.85. The number of benzene rings is 1. The number of halogens is 2. The third kappa shape index (κ3) is 7.03. The zero-order chi connectivity index (χ0) is 25.4. The van der Waals surface area contributed by atoms with Crippen molar-refractivity contribution in [2.75, 3.05) is 13.1 Å². The first-order valence-corrected chi connectivity index (χ1v) is 11.4. The molecule has 1 unspecified atom stereocenters. The Morgan fingerprint density at radius 2 is 1.91 bits per heavy atom. The highest BCUT2D eigenvalue weighted by Gasteiger charge is 2.26. The van der Waals surface area contributed by atoms with Gasteiger partial charge in [0, 0.05) is 30.4 Å². The van der Waals surface area contributed by atoms with Crippen molar-refractivity contribution in [2.24, 2.45) is 23.3 Å². The fourth-order valence-corrected chi connectivity index (χ4v) is 3.62. The highest BCUT2D eigenvalue weighted by Crippen LogP contribution is 2.30. The molecule has 1 heterocycles. The van der Waals surface area contributed by atoms with Crippen molar-refractivity contribution in [1.29, 1.82) is 0 Å². The number of carbonyl (C=O) groups is 1. The van der Waals surface area contributed by atoms with Gasteiger partial charge >= 0.3 is 5.69 Å². The van der Waals surface area contributed by atoms with E-state index in [0.29, 0.717) is 30.8 Å². The van der Waals surface area contributed by atoms with Crippen LogP contribution in [0.3, 0.4) is 0 Å². The molecule has 1 amide bonds. The zero-order valence-electron chi connectivity index (χ0n) is 20.1. The monoisotopic (exact) mass is 476 g/mol. The number of nitrogens with two attached hydrogens (primary N) is 2. The number of hydrogen-bond acceptors (Lipinski definition) is 5. The predicted octanol–water partition coefficient (Wildman–Crippen LogP) is 3.51. The number of H-pyrrole nitrogens is 2. The van der Waals surface area contributed by atoms with Crippen LogP contribution in [-0.4, -0.2) is 39.1 Å². The molecular formula is C24H34F2N6O2. The number of aromatic nitrogens is 3. The first-order chi connectivity index (χ1) is 16.0. The Labute approximate surface area is 198 Å². The largest absolute Gasteiger partial charge is 0.402 e. The molecule has 2 aromatic rings. The van der Waals surface area contributed by atoms with Crippen LogP contribution < -0.4 is 17.2 Å². The normalized spacial score (nSPS) is 16.3. The van der Waals surface area contributed by atoms with E-state index in [4.69, 9.17) is 11.5 Å². The van der Waals surface area contributed by atoms with E-state index in [1.165, 1.54) is 17.0 Å². The lowest BCUT2D eigenvalue weighted by atomic mass is 9.86. The van der Waals surface area contributed by atoms with Crippen molar-refractivity contribution < 1.29 is 13.6 Å². The smallest absolute Gasteiger partial charge is 0.341 e. The lowest BCUT2D eigenvalue weighted by Gasteiger charge is -2.30.